The van der Waals surface area contributed by atoms with Gasteiger partial charge in [-0.3, -0.25) is 9.59 Å². The van der Waals surface area contributed by atoms with Gasteiger partial charge in [-0.15, -0.1) is 11.3 Å². The lowest BCUT2D eigenvalue weighted by Gasteiger charge is -2.25. The Balaban J connectivity index is 1.56. The van der Waals surface area contributed by atoms with E-state index in [1.807, 2.05) is 0 Å². The van der Waals surface area contributed by atoms with E-state index in [2.05, 4.69) is 0 Å². The van der Waals surface area contributed by atoms with Crippen molar-refractivity contribution in [3.05, 3.63) is 51.9 Å². The fourth-order valence-corrected chi connectivity index (χ4v) is 6.11. The van der Waals surface area contributed by atoms with E-state index in [1.54, 1.807) is 24.3 Å². The molecule has 0 radical (unpaired) electrons. The Bertz CT molecular complexity index is 964. The highest BCUT2D eigenvalue weighted by molar-refractivity contribution is 7.91. The molecule has 9 heteroatoms. The highest BCUT2D eigenvalue weighted by Crippen LogP contribution is 2.27. The summed E-state index contributed by atoms with van der Waals surface area (Å²) >= 11 is 6.90. The number of carbonyl (C=O) groups excluding carboxylic acids is 2. The number of carbonyl (C=O) groups is 2. The maximum Gasteiger partial charge on any atom is 0.311 e. The molecule has 1 aromatic carbocycles. The molecule has 2 aromatic rings. The third-order valence-corrected chi connectivity index (χ3v) is 8.06. The minimum atomic E-state index is -3.51. The maximum atomic E-state index is 12.7. The van der Waals surface area contributed by atoms with Gasteiger partial charge in [-0.2, -0.15) is 4.31 Å². The molecule has 0 atom stereocenters. The number of Topliss-reactive ketones (excluding diaryl/α,β-unsaturated/α-hetero) is 1. The standard InChI is InChI=1S/C19H20ClNO5S2/c20-15-6-4-5-14(11-15)17(22)13-26-18(23)12-16-7-8-19(27-16)28(24,25)21-9-2-1-3-10-21/h4-8,11H,1-3,9-10,12-13H2. The van der Waals surface area contributed by atoms with Crippen LogP contribution in [0.5, 0.6) is 0 Å². The number of piperidine rings is 1. The van der Waals surface area contributed by atoms with Gasteiger partial charge in [-0.05, 0) is 37.1 Å². The predicted molar refractivity (Wildman–Crippen MR) is 107 cm³/mol. The van der Waals surface area contributed by atoms with Gasteiger partial charge in [0.1, 0.15) is 4.21 Å². The van der Waals surface area contributed by atoms with Crippen LogP contribution in [-0.2, 0) is 26.0 Å². The molecule has 1 saturated heterocycles. The Morgan fingerprint density at radius 2 is 1.86 bits per heavy atom. The maximum absolute atomic E-state index is 12.7. The Labute approximate surface area is 173 Å². The highest BCUT2D eigenvalue weighted by atomic mass is 35.5. The number of ether oxygens (including phenoxy) is 1. The monoisotopic (exact) mass is 441 g/mol. The Kier molecular flexibility index (Phi) is 6.87. The predicted octanol–water partition coefficient (Wildman–Crippen LogP) is 3.54. The normalized spacial score (nSPS) is 15.3. The van der Waals surface area contributed by atoms with Gasteiger partial charge in [0, 0.05) is 28.6 Å². The Morgan fingerprint density at radius 3 is 2.57 bits per heavy atom. The second-order valence-corrected chi connectivity index (χ2v) is 10.2. The molecule has 0 saturated carbocycles. The molecule has 0 N–H and O–H groups in total. The third kappa shape index (κ3) is 5.20. The van der Waals surface area contributed by atoms with Crippen LogP contribution in [0.15, 0.2) is 40.6 Å². The first-order valence-electron chi connectivity index (χ1n) is 8.89. The van der Waals surface area contributed by atoms with Crippen molar-refractivity contribution >= 4 is 44.7 Å². The lowest BCUT2D eigenvalue weighted by atomic mass is 10.1. The molecule has 1 fully saturated rings. The molecular formula is C19H20ClNO5S2. The van der Waals surface area contributed by atoms with Crippen LogP contribution < -0.4 is 0 Å². The van der Waals surface area contributed by atoms with Crippen LogP contribution in [0.4, 0.5) is 0 Å². The van der Waals surface area contributed by atoms with Crippen molar-refractivity contribution in [2.75, 3.05) is 19.7 Å². The SMILES string of the molecule is O=C(Cc1ccc(S(=O)(=O)N2CCCCC2)s1)OCC(=O)c1cccc(Cl)c1. The van der Waals surface area contributed by atoms with Gasteiger partial charge in [-0.25, -0.2) is 8.42 Å². The van der Waals surface area contributed by atoms with Crippen molar-refractivity contribution in [3.63, 3.8) is 0 Å². The van der Waals surface area contributed by atoms with Crippen LogP contribution in [0.25, 0.3) is 0 Å². The number of esters is 1. The summed E-state index contributed by atoms with van der Waals surface area (Å²) < 4.78 is 32.1. The van der Waals surface area contributed by atoms with E-state index in [4.69, 9.17) is 16.3 Å². The quantitative estimate of drug-likeness (QED) is 0.485. The summed E-state index contributed by atoms with van der Waals surface area (Å²) in [4.78, 5) is 24.6. The first-order valence-corrected chi connectivity index (χ1v) is 11.5. The largest absolute Gasteiger partial charge is 0.457 e. The van der Waals surface area contributed by atoms with Crippen LogP contribution in [0.1, 0.15) is 34.5 Å². The van der Waals surface area contributed by atoms with Crippen LogP contribution in [0, 0.1) is 0 Å². The molecule has 0 bridgehead atoms. The first kappa shape index (κ1) is 21.0. The van der Waals surface area contributed by atoms with E-state index in [0.29, 0.717) is 28.6 Å². The third-order valence-electron chi connectivity index (χ3n) is 4.38. The molecule has 0 amide bonds. The molecule has 0 spiro atoms. The van der Waals surface area contributed by atoms with Gasteiger partial charge in [0.2, 0.25) is 0 Å². The summed E-state index contributed by atoms with van der Waals surface area (Å²) in [5, 5.41) is 0.429. The summed E-state index contributed by atoms with van der Waals surface area (Å²) in [6.45, 7) is 0.677. The zero-order valence-corrected chi connectivity index (χ0v) is 17.5. The summed E-state index contributed by atoms with van der Waals surface area (Å²) in [5.74, 6) is -0.936. The van der Waals surface area contributed by atoms with Crippen LogP contribution in [0.3, 0.4) is 0 Å². The van der Waals surface area contributed by atoms with Gasteiger partial charge in [0.15, 0.2) is 12.4 Å². The Hall–Kier alpha value is -1.74. The fourth-order valence-electron chi connectivity index (χ4n) is 2.91. The second-order valence-electron chi connectivity index (χ2n) is 6.46. The first-order chi connectivity index (χ1) is 13.4. The number of hydrogen-bond donors (Lipinski definition) is 0. The molecule has 2 heterocycles. The number of sulfonamides is 1. The number of rotatable bonds is 7. The van der Waals surface area contributed by atoms with Gasteiger partial charge in [0.25, 0.3) is 10.0 Å². The van der Waals surface area contributed by atoms with Crippen molar-refractivity contribution in [1.82, 2.24) is 4.31 Å². The van der Waals surface area contributed by atoms with Crippen LogP contribution in [-0.4, -0.2) is 44.2 Å². The van der Waals surface area contributed by atoms with Crippen LogP contribution >= 0.6 is 22.9 Å². The molecule has 3 rings (SSSR count). The summed E-state index contributed by atoms with van der Waals surface area (Å²) in [5.41, 5.74) is 0.367. The van der Waals surface area contributed by atoms with Crippen molar-refractivity contribution < 1.29 is 22.7 Å². The second kappa shape index (κ2) is 9.17. The van der Waals surface area contributed by atoms with E-state index in [-0.39, 0.29) is 23.0 Å². The lowest BCUT2D eigenvalue weighted by molar-refractivity contribution is -0.141. The fraction of sp³-hybridized carbons (Fsp3) is 0.368. The van der Waals surface area contributed by atoms with Gasteiger partial charge < -0.3 is 4.74 Å². The lowest BCUT2D eigenvalue weighted by Crippen LogP contribution is -2.35. The summed E-state index contributed by atoms with van der Waals surface area (Å²) in [7, 11) is -3.51. The zero-order chi connectivity index (χ0) is 20.1. The molecular weight excluding hydrogens is 422 g/mol. The molecule has 0 unspecified atom stereocenters. The molecule has 150 valence electrons. The topological polar surface area (TPSA) is 80.8 Å². The molecule has 1 aliphatic rings. The van der Waals surface area contributed by atoms with E-state index >= 15 is 0 Å². The number of hydrogen-bond acceptors (Lipinski definition) is 6. The minimum absolute atomic E-state index is 0.0803. The van der Waals surface area contributed by atoms with E-state index in [0.717, 1.165) is 30.6 Å². The van der Waals surface area contributed by atoms with E-state index < -0.39 is 16.0 Å². The molecule has 28 heavy (non-hydrogen) atoms. The van der Waals surface area contributed by atoms with Gasteiger partial charge >= 0.3 is 5.97 Å². The van der Waals surface area contributed by atoms with Crippen molar-refractivity contribution in [3.8, 4) is 0 Å². The number of halogens is 1. The Morgan fingerprint density at radius 1 is 1.11 bits per heavy atom. The number of ketones is 1. The summed E-state index contributed by atoms with van der Waals surface area (Å²) in [6, 6.07) is 9.54. The van der Waals surface area contributed by atoms with E-state index in [9.17, 15) is 18.0 Å². The molecule has 6 nitrogen and oxygen atoms in total. The molecule has 1 aliphatic heterocycles. The number of benzene rings is 1. The van der Waals surface area contributed by atoms with Gasteiger partial charge in [0.05, 0.1) is 6.42 Å². The molecule has 1 aromatic heterocycles. The van der Waals surface area contributed by atoms with Gasteiger partial charge in [-0.1, -0.05) is 30.2 Å². The average molecular weight is 442 g/mol. The summed E-state index contributed by atoms with van der Waals surface area (Å²) in [6.07, 6.45) is 2.69. The van der Waals surface area contributed by atoms with Crippen molar-refractivity contribution in [2.45, 2.75) is 29.9 Å². The average Bonchev–Trinajstić information content (AvgIpc) is 3.16. The van der Waals surface area contributed by atoms with E-state index in [1.165, 1.54) is 16.4 Å². The molecule has 0 aliphatic carbocycles. The number of thiophene rings is 1. The van der Waals surface area contributed by atoms with Crippen LogP contribution in [0.2, 0.25) is 5.02 Å². The van der Waals surface area contributed by atoms with Crippen molar-refractivity contribution in [1.29, 1.82) is 0 Å². The smallest absolute Gasteiger partial charge is 0.311 e. The number of nitrogens with zero attached hydrogens (tertiary/aromatic N) is 1. The highest BCUT2D eigenvalue weighted by Gasteiger charge is 2.27. The van der Waals surface area contributed by atoms with Crippen molar-refractivity contribution in [2.24, 2.45) is 0 Å². The minimum Gasteiger partial charge on any atom is -0.457 e. The zero-order valence-electron chi connectivity index (χ0n) is 15.1.